The summed E-state index contributed by atoms with van der Waals surface area (Å²) in [7, 11) is 0. The molecule has 1 aliphatic rings. The summed E-state index contributed by atoms with van der Waals surface area (Å²) in [5.41, 5.74) is 4.43. The molecule has 0 spiro atoms. The van der Waals surface area contributed by atoms with Gasteiger partial charge in [0.2, 0.25) is 5.88 Å². The van der Waals surface area contributed by atoms with E-state index >= 15 is 0 Å². The highest BCUT2D eigenvalue weighted by Crippen LogP contribution is 2.31. The molecular formula is C29H39N5O3. The van der Waals surface area contributed by atoms with Gasteiger partial charge in [-0.25, -0.2) is 14.5 Å². The standard InChI is InChI=1S/C29H39N5O3/c1-7-8-10-22-17-20(2)18-24(19-22)36-26-12-9-11-25(30-26)27-21(3)31-32-34(27)23-13-15-33(16-14-23)28(35)37-29(4,5)6/h9,11-12,17-19,23H,7-8,10,13-16H2,1-6H3. The number of hydrogen-bond donors (Lipinski definition) is 0. The minimum absolute atomic E-state index is 0.124. The van der Waals surface area contributed by atoms with Crippen LogP contribution in [0.4, 0.5) is 4.79 Å². The molecule has 0 saturated carbocycles. The monoisotopic (exact) mass is 505 g/mol. The third kappa shape index (κ3) is 6.87. The molecule has 3 aromatic rings. The summed E-state index contributed by atoms with van der Waals surface area (Å²) in [6, 6.07) is 12.3. The van der Waals surface area contributed by atoms with Crippen LogP contribution in [0.1, 0.15) is 76.2 Å². The number of amides is 1. The Morgan fingerprint density at radius 2 is 1.86 bits per heavy atom. The number of likely N-dealkylation sites (tertiary alicyclic amines) is 1. The normalized spacial score (nSPS) is 14.6. The van der Waals surface area contributed by atoms with E-state index in [1.165, 1.54) is 11.1 Å². The Morgan fingerprint density at radius 1 is 1.11 bits per heavy atom. The molecule has 0 N–H and O–H groups in total. The van der Waals surface area contributed by atoms with E-state index in [9.17, 15) is 4.79 Å². The molecule has 0 unspecified atom stereocenters. The number of aryl methyl sites for hydroxylation is 3. The maximum atomic E-state index is 12.5. The van der Waals surface area contributed by atoms with Crippen LogP contribution in [0.2, 0.25) is 0 Å². The highest BCUT2D eigenvalue weighted by molar-refractivity contribution is 5.68. The molecule has 37 heavy (non-hydrogen) atoms. The fraction of sp³-hybridized carbons (Fsp3) is 0.517. The van der Waals surface area contributed by atoms with Crippen molar-refractivity contribution < 1.29 is 14.3 Å². The van der Waals surface area contributed by atoms with E-state index in [-0.39, 0.29) is 12.1 Å². The van der Waals surface area contributed by atoms with Crippen LogP contribution in [-0.4, -0.2) is 49.7 Å². The van der Waals surface area contributed by atoms with Crippen molar-refractivity contribution in [3.05, 3.63) is 53.2 Å². The summed E-state index contributed by atoms with van der Waals surface area (Å²) in [5, 5.41) is 8.82. The molecule has 0 aliphatic carbocycles. The van der Waals surface area contributed by atoms with E-state index < -0.39 is 5.60 Å². The molecule has 3 heterocycles. The van der Waals surface area contributed by atoms with Gasteiger partial charge in [-0.15, -0.1) is 5.10 Å². The van der Waals surface area contributed by atoms with Crippen LogP contribution >= 0.6 is 0 Å². The zero-order valence-electron chi connectivity index (χ0n) is 23.0. The van der Waals surface area contributed by atoms with Gasteiger partial charge in [-0.1, -0.05) is 30.7 Å². The minimum Gasteiger partial charge on any atom is -0.444 e. The lowest BCUT2D eigenvalue weighted by Gasteiger charge is -2.33. The number of piperidine rings is 1. The summed E-state index contributed by atoms with van der Waals surface area (Å²) < 4.78 is 13.7. The predicted molar refractivity (Wildman–Crippen MR) is 144 cm³/mol. The molecule has 8 nitrogen and oxygen atoms in total. The third-order valence-corrected chi connectivity index (χ3v) is 6.44. The number of aromatic nitrogens is 4. The van der Waals surface area contributed by atoms with Crippen molar-refractivity contribution in [3.8, 4) is 23.0 Å². The molecule has 4 rings (SSSR count). The first-order valence-electron chi connectivity index (χ1n) is 13.3. The Balaban J connectivity index is 1.50. The van der Waals surface area contributed by atoms with Crippen LogP contribution in [0, 0.1) is 13.8 Å². The quantitative estimate of drug-likeness (QED) is 0.357. The first-order valence-corrected chi connectivity index (χ1v) is 13.3. The van der Waals surface area contributed by atoms with Gasteiger partial charge in [0.15, 0.2) is 0 Å². The molecule has 1 aliphatic heterocycles. The van der Waals surface area contributed by atoms with Crippen LogP contribution < -0.4 is 4.74 Å². The maximum absolute atomic E-state index is 12.5. The second-order valence-corrected chi connectivity index (χ2v) is 10.9. The Morgan fingerprint density at radius 3 is 2.57 bits per heavy atom. The van der Waals surface area contributed by atoms with Gasteiger partial charge in [0.25, 0.3) is 0 Å². The fourth-order valence-electron chi connectivity index (χ4n) is 4.68. The second kappa shape index (κ2) is 11.3. The van der Waals surface area contributed by atoms with Gasteiger partial charge in [0, 0.05) is 19.2 Å². The van der Waals surface area contributed by atoms with Crippen LogP contribution in [0.15, 0.2) is 36.4 Å². The zero-order valence-corrected chi connectivity index (χ0v) is 23.0. The van der Waals surface area contributed by atoms with E-state index in [1.807, 2.05) is 56.6 Å². The average molecular weight is 506 g/mol. The lowest BCUT2D eigenvalue weighted by Crippen LogP contribution is -2.42. The van der Waals surface area contributed by atoms with Crippen molar-refractivity contribution in [1.29, 1.82) is 0 Å². The number of carbonyl (C=O) groups excluding carboxylic acids is 1. The number of ether oxygens (including phenoxy) is 2. The number of carbonyl (C=O) groups is 1. The van der Waals surface area contributed by atoms with Crippen LogP contribution in [0.3, 0.4) is 0 Å². The SMILES string of the molecule is CCCCc1cc(C)cc(Oc2cccc(-c3c(C)nnn3C3CCN(C(=O)OC(C)(C)C)CC3)n2)c1. The number of unbranched alkanes of at least 4 members (excludes halogenated alkanes) is 1. The molecule has 0 bridgehead atoms. The van der Waals surface area contributed by atoms with Crippen LogP contribution in [-0.2, 0) is 11.2 Å². The van der Waals surface area contributed by atoms with E-state index in [1.54, 1.807) is 4.90 Å². The Hall–Kier alpha value is -3.42. The van der Waals surface area contributed by atoms with Gasteiger partial charge in [-0.3, -0.25) is 0 Å². The van der Waals surface area contributed by atoms with Crippen molar-refractivity contribution in [3.63, 3.8) is 0 Å². The molecule has 1 aromatic carbocycles. The van der Waals surface area contributed by atoms with Gasteiger partial charge in [0.1, 0.15) is 17.0 Å². The molecule has 0 radical (unpaired) electrons. The summed E-state index contributed by atoms with van der Waals surface area (Å²) in [4.78, 5) is 19.1. The Bertz CT molecular complexity index is 1220. The smallest absolute Gasteiger partial charge is 0.410 e. The molecular weight excluding hydrogens is 466 g/mol. The first-order chi connectivity index (χ1) is 17.6. The number of hydrogen-bond acceptors (Lipinski definition) is 6. The average Bonchev–Trinajstić information content (AvgIpc) is 3.23. The minimum atomic E-state index is -0.502. The Labute approximate surface area is 220 Å². The predicted octanol–water partition coefficient (Wildman–Crippen LogP) is 6.66. The summed E-state index contributed by atoms with van der Waals surface area (Å²) >= 11 is 0. The van der Waals surface area contributed by atoms with E-state index in [4.69, 9.17) is 14.5 Å². The molecule has 198 valence electrons. The number of nitrogens with zero attached hydrogens (tertiary/aromatic N) is 5. The molecule has 0 atom stereocenters. The van der Waals surface area contributed by atoms with Gasteiger partial charge in [-0.2, -0.15) is 0 Å². The fourth-order valence-corrected chi connectivity index (χ4v) is 4.68. The van der Waals surface area contributed by atoms with Crippen molar-refractivity contribution in [2.24, 2.45) is 0 Å². The van der Waals surface area contributed by atoms with Gasteiger partial charge in [0.05, 0.1) is 17.4 Å². The summed E-state index contributed by atoms with van der Waals surface area (Å²) in [5.74, 6) is 1.34. The topological polar surface area (TPSA) is 82.4 Å². The molecule has 1 saturated heterocycles. The third-order valence-electron chi connectivity index (χ3n) is 6.44. The zero-order chi connectivity index (χ0) is 26.6. The van der Waals surface area contributed by atoms with Crippen molar-refractivity contribution in [1.82, 2.24) is 24.9 Å². The van der Waals surface area contributed by atoms with Crippen LogP contribution in [0.25, 0.3) is 11.4 Å². The van der Waals surface area contributed by atoms with E-state index in [0.29, 0.717) is 19.0 Å². The first kappa shape index (κ1) is 26.6. The molecule has 2 aromatic heterocycles. The molecule has 1 amide bonds. The van der Waals surface area contributed by atoms with Crippen molar-refractivity contribution >= 4 is 6.09 Å². The highest BCUT2D eigenvalue weighted by atomic mass is 16.6. The highest BCUT2D eigenvalue weighted by Gasteiger charge is 2.30. The van der Waals surface area contributed by atoms with Gasteiger partial charge >= 0.3 is 6.09 Å². The van der Waals surface area contributed by atoms with E-state index in [2.05, 4.69) is 36.3 Å². The van der Waals surface area contributed by atoms with E-state index in [0.717, 1.165) is 54.9 Å². The number of rotatable bonds is 7. The lowest BCUT2D eigenvalue weighted by molar-refractivity contribution is 0.0185. The molecule has 8 heteroatoms. The van der Waals surface area contributed by atoms with Gasteiger partial charge < -0.3 is 14.4 Å². The maximum Gasteiger partial charge on any atom is 0.410 e. The summed E-state index contributed by atoms with van der Waals surface area (Å²) in [6.07, 6.45) is 4.64. The second-order valence-electron chi connectivity index (χ2n) is 10.9. The largest absolute Gasteiger partial charge is 0.444 e. The number of pyridine rings is 1. The van der Waals surface area contributed by atoms with Crippen molar-refractivity contribution in [2.45, 2.75) is 85.3 Å². The van der Waals surface area contributed by atoms with Gasteiger partial charge in [-0.05, 0) is 89.6 Å². The van der Waals surface area contributed by atoms with Crippen LogP contribution in [0.5, 0.6) is 11.6 Å². The number of benzene rings is 1. The summed E-state index contributed by atoms with van der Waals surface area (Å²) in [6.45, 7) is 13.1. The van der Waals surface area contributed by atoms with Crippen molar-refractivity contribution in [2.75, 3.05) is 13.1 Å². The Kier molecular flexibility index (Phi) is 8.15. The lowest BCUT2D eigenvalue weighted by atomic mass is 10.0. The molecule has 1 fully saturated rings.